The van der Waals surface area contributed by atoms with E-state index >= 15 is 0 Å². The van der Waals surface area contributed by atoms with Crippen LogP contribution in [0.4, 0.5) is 0 Å². The van der Waals surface area contributed by atoms with Crippen LogP contribution in [0.15, 0.2) is 18.3 Å². The number of nitrogens with zero attached hydrogens (tertiary/aromatic N) is 2. The minimum atomic E-state index is -0.308. The summed E-state index contributed by atoms with van der Waals surface area (Å²) in [7, 11) is 0. The normalized spacial score (nSPS) is 20.4. The Kier molecular flexibility index (Phi) is 3.93. The van der Waals surface area contributed by atoms with Crippen molar-refractivity contribution in [2.24, 2.45) is 0 Å². The predicted molar refractivity (Wildman–Crippen MR) is 62.0 cm³/mol. The van der Waals surface area contributed by atoms with Gasteiger partial charge in [-0.25, -0.2) is 0 Å². The van der Waals surface area contributed by atoms with E-state index in [1.807, 2.05) is 0 Å². The molecule has 1 aliphatic rings. The number of carbonyl (C=O) groups excluding carboxylic acids is 1. The van der Waals surface area contributed by atoms with E-state index < -0.39 is 0 Å². The lowest BCUT2D eigenvalue weighted by Crippen LogP contribution is -2.50. The third-order valence-electron chi connectivity index (χ3n) is 2.64. The number of hydrogen-bond acceptors (Lipinski definition) is 4. The molecule has 0 saturated carbocycles. The van der Waals surface area contributed by atoms with Crippen molar-refractivity contribution in [1.82, 2.24) is 9.88 Å². The fraction of sp³-hybridized carbons (Fsp3) is 0.455. The molecule has 0 bridgehead atoms. The maximum atomic E-state index is 12.2. The number of ether oxygens (including phenoxy) is 1. The number of aliphatic hydroxyl groups is 1. The molecule has 5 nitrogen and oxygen atoms in total. The highest BCUT2D eigenvalue weighted by molar-refractivity contribution is 6.30. The largest absolute Gasteiger partial charge is 0.394 e. The van der Waals surface area contributed by atoms with Crippen LogP contribution in [-0.2, 0) is 4.74 Å². The summed E-state index contributed by atoms with van der Waals surface area (Å²) < 4.78 is 5.21. The van der Waals surface area contributed by atoms with Gasteiger partial charge in [0, 0.05) is 17.8 Å². The van der Waals surface area contributed by atoms with Gasteiger partial charge >= 0.3 is 0 Å². The molecule has 1 atom stereocenters. The maximum absolute atomic E-state index is 12.2. The Morgan fingerprint density at radius 2 is 2.53 bits per heavy atom. The number of pyridine rings is 1. The Morgan fingerprint density at radius 3 is 3.24 bits per heavy atom. The summed E-state index contributed by atoms with van der Waals surface area (Å²) in [6, 6.07) is 2.83. The SMILES string of the molecule is O=C(c1cc(Cl)ccn1)N1CCOCC1CO. The predicted octanol–water partition coefficient (Wildman–Crippen LogP) is 0.568. The van der Waals surface area contributed by atoms with E-state index in [9.17, 15) is 9.90 Å². The van der Waals surface area contributed by atoms with Gasteiger partial charge in [-0.3, -0.25) is 9.78 Å². The second-order valence-electron chi connectivity index (χ2n) is 3.77. The van der Waals surface area contributed by atoms with E-state index in [0.717, 1.165) is 0 Å². The standard InChI is InChI=1S/C11H13ClN2O3/c12-8-1-2-13-10(5-8)11(16)14-3-4-17-7-9(14)6-15/h1-2,5,9,15H,3-4,6-7H2. The van der Waals surface area contributed by atoms with E-state index in [0.29, 0.717) is 24.8 Å². The van der Waals surface area contributed by atoms with E-state index in [4.69, 9.17) is 16.3 Å². The van der Waals surface area contributed by atoms with Crippen LogP contribution in [0.25, 0.3) is 0 Å². The monoisotopic (exact) mass is 256 g/mol. The molecule has 1 fully saturated rings. The van der Waals surface area contributed by atoms with Crippen molar-refractivity contribution in [2.45, 2.75) is 6.04 Å². The van der Waals surface area contributed by atoms with Crippen LogP contribution in [0.3, 0.4) is 0 Å². The summed E-state index contributed by atoms with van der Waals surface area (Å²) in [4.78, 5) is 17.7. The molecule has 1 saturated heterocycles. The summed E-state index contributed by atoms with van der Waals surface area (Å²) >= 11 is 5.81. The van der Waals surface area contributed by atoms with Crippen molar-refractivity contribution in [3.8, 4) is 0 Å². The first-order valence-corrected chi connectivity index (χ1v) is 5.71. The molecule has 0 radical (unpaired) electrons. The molecular formula is C11H13ClN2O3. The highest BCUT2D eigenvalue weighted by Crippen LogP contribution is 2.14. The summed E-state index contributed by atoms with van der Waals surface area (Å²) in [6.45, 7) is 1.16. The molecule has 1 aromatic heterocycles. The highest BCUT2D eigenvalue weighted by atomic mass is 35.5. The average molecular weight is 257 g/mol. The highest BCUT2D eigenvalue weighted by Gasteiger charge is 2.28. The molecule has 2 rings (SSSR count). The van der Waals surface area contributed by atoms with Crippen molar-refractivity contribution in [3.63, 3.8) is 0 Å². The van der Waals surface area contributed by atoms with Crippen molar-refractivity contribution >= 4 is 17.5 Å². The van der Waals surface area contributed by atoms with Crippen LogP contribution >= 0.6 is 11.6 Å². The number of hydrogen-bond donors (Lipinski definition) is 1. The second-order valence-corrected chi connectivity index (χ2v) is 4.21. The van der Waals surface area contributed by atoms with Gasteiger partial charge < -0.3 is 14.7 Å². The number of aromatic nitrogens is 1. The van der Waals surface area contributed by atoms with Crippen molar-refractivity contribution in [1.29, 1.82) is 0 Å². The Bertz CT molecular complexity index is 413. The third kappa shape index (κ3) is 2.74. The lowest BCUT2D eigenvalue weighted by atomic mass is 10.2. The first kappa shape index (κ1) is 12.3. The van der Waals surface area contributed by atoms with Crippen molar-refractivity contribution in [3.05, 3.63) is 29.0 Å². The molecular weight excluding hydrogens is 244 g/mol. The Labute approximate surface area is 104 Å². The topological polar surface area (TPSA) is 62.7 Å². The van der Waals surface area contributed by atoms with Gasteiger partial charge in [0.05, 0.1) is 25.9 Å². The van der Waals surface area contributed by atoms with E-state index in [-0.39, 0.29) is 24.2 Å². The van der Waals surface area contributed by atoms with Gasteiger partial charge in [0.2, 0.25) is 0 Å². The van der Waals surface area contributed by atoms with Gasteiger partial charge in [0.15, 0.2) is 0 Å². The minimum absolute atomic E-state index is 0.119. The Balaban J connectivity index is 2.18. The zero-order valence-electron chi connectivity index (χ0n) is 9.17. The molecule has 1 aromatic rings. The molecule has 1 amide bonds. The van der Waals surface area contributed by atoms with Crippen LogP contribution in [0.2, 0.25) is 5.02 Å². The fourth-order valence-electron chi connectivity index (χ4n) is 1.74. The number of carbonyl (C=O) groups is 1. The Morgan fingerprint density at radius 1 is 1.71 bits per heavy atom. The second kappa shape index (κ2) is 5.44. The first-order chi connectivity index (χ1) is 8.22. The molecule has 17 heavy (non-hydrogen) atoms. The minimum Gasteiger partial charge on any atom is -0.394 e. The lowest BCUT2D eigenvalue weighted by molar-refractivity contribution is -0.0186. The molecule has 1 unspecified atom stereocenters. The molecule has 0 aliphatic carbocycles. The quantitative estimate of drug-likeness (QED) is 0.840. The van der Waals surface area contributed by atoms with Crippen molar-refractivity contribution in [2.75, 3.05) is 26.4 Å². The number of halogens is 1. The van der Waals surface area contributed by atoms with Gasteiger partial charge in [-0.1, -0.05) is 11.6 Å². The van der Waals surface area contributed by atoms with Gasteiger partial charge in [-0.05, 0) is 12.1 Å². The zero-order valence-corrected chi connectivity index (χ0v) is 9.93. The molecule has 0 aromatic carbocycles. The zero-order chi connectivity index (χ0) is 12.3. The summed E-state index contributed by atoms with van der Waals surface area (Å²) in [5, 5.41) is 9.66. The van der Waals surface area contributed by atoms with Gasteiger partial charge in [-0.15, -0.1) is 0 Å². The number of amides is 1. The molecule has 1 N–H and O–H groups in total. The van der Waals surface area contributed by atoms with Gasteiger partial charge in [0.1, 0.15) is 5.69 Å². The van der Waals surface area contributed by atoms with Gasteiger partial charge in [-0.2, -0.15) is 0 Å². The van der Waals surface area contributed by atoms with Crippen LogP contribution in [-0.4, -0.2) is 53.3 Å². The van der Waals surface area contributed by atoms with E-state index in [1.54, 1.807) is 11.0 Å². The Hall–Kier alpha value is -1.17. The average Bonchev–Trinajstić information content (AvgIpc) is 2.38. The maximum Gasteiger partial charge on any atom is 0.272 e. The molecule has 2 heterocycles. The van der Waals surface area contributed by atoms with E-state index in [1.165, 1.54) is 12.3 Å². The van der Waals surface area contributed by atoms with E-state index in [2.05, 4.69) is 4.98 Å². The summed E-state index contributed by atoms with van der Waals surface area (Å²) in [6.07, 6.45) is 1.49. The fourth-order valence-corrected chi connectivity index (χ4v) is 1.90. The van der Waals surface area contributed by atoms with Crippen LogP contribution < -0.4 is 0 Å². The van der Waals surface area contributed by atoms with Crippen LogP contribution in [0, 0.1) is 0 Å². The molecule has 92 valence electrons. The molecule has 6 heteroatoms. The van der Waals surface area contributed by atoms with Gasteiger partial charge in [0.25, 0.3) is 5.91 Å². The smallest absolute Gasteiger partial charge is 0.272 e. The summed E-state index contributed by atoms with van der Waals surface area (Å²) in [5.41, 5.74) is 0.290. The first-order valence-electron chi connectivity index (χ1n) is 5.33. The third-order valence-corrected chi connectivity index (χ3v) is 2.88. The molecule has 0 spiro atoms. The lowest BCUT2D eigenvalue weighted by Gasteiger charge is -2.34. The number of morpholine rings is 1. The summed E-state index contributed by atoms with van der Waals surface area (Å²) in [5.74, 6) is -0.227. The van der Waals surface area contributed by atoms with Crippen LogP contribution in [0.1, 0.15) is 10.5 Å². The number of aliphatic hydroxyl groups excluding tert-OH is 1. The van der Waals surface area contributed by atoms with Crippen LogP contribution in [0.5, 0.6) is 0 Å². The number of rotatable bonds is 2. The van der Waals surface area contributed by atoms with Crippen molar-refractivity contribution < 1.29 is 14.6 Å². The molecule has 1 aliphatic heterocycles.